The third-order valence-electron chi connectivity index (χ3n) is 9.20. The summed E-state index contributed by atoms with van der Waals surface area (Å²) in [5.41, 5.74) is 8.69. The molecule has 0 saturated heterocycles. The predicted molar refractivity (Wildman–Crippen MR) is 155 cm³/mol. The van der Waals surface area contributed by atoms with E-state index in [0.29, 0.717) is 0 Å². The number of furan rings is 1. The minimum Gasteiger partial charge on any atom is -0.454 e. The van der Waals surface area contributed by atoms with Crippen molar-refractivity contribution in [3.05, 3.63) is 103 Å². The van der Waals surface area contributed by atoms with Crippen LogP contribution in [0.5, 0.6) is 0 Å². The lowest BCUT2D eigenvalue weighted by Gasteiger charge is -2.50. The van der Waals surface area contributed by atoms with Gasteiger partial charge in [0, 0.05) is 60.4 Å². The van der Waals surface area contributed by atoms with E-state index < -0.39 is 0 Å². The summed E-state index contributed by atoms with van der Waals surface area (Å²) in [6.45, 7) is 4.82. The van der Waals surface area contributed by atoms with Crippen molar-refractivity contribution in [3.63, 3.8) is 0 Å². The third-order valence-corrected chi connectivity index (χ3v) is 9.20. The van der Waals surface area contributed by atoms with Gasteiger partial charge in [-0.2, -0.15) is 0 Å². The van der Waals surface area contributed by atoms with Crippen LogP contribution < -0.4 is 14.7 Å². The lowest BCUT2D eigenvalue weighted by molar-refractivity contribution is 0.208. The Morgan fingerprint density at radius 1 is 0.872 bits per heavy atom. The summed E-state index contributed by atoms with van der Waals surface area (Å²) in [7, 11) is 4.34. The van der Waals surface area contributed by atoms with Gasteiger partial charge in [-0.05, 0) is 29.3 Å². The molecule has 5 aromatic rings. The van der Waals surface area contributed by atoms with Gasteiger partial charge in [0.25, 0.3) is 0 Å². The van der Waals surface area contributed by atoms with Crippen molar-refractivity contribution >= 4 is 50.4 Å². The Hall–Kier alpha value is -4.78. The molecule has 2 aromatic heterocycles. The Morgan fingerprint density at radius 2 is 1.72 bits per heavy atom. The van der Waals surface area contributed by atoms with Crippen molar-refractivity contribution in [2.75, 3.05) is 28.8 Å². The van der Waals surface area contributed by atoms with E-state index >= 15 is 0 Å². The minimum absolute atomic E-state index is 0.0312. The maximum atomic E-state index is 6.61. The van der Waals surface area contributed by atoms with Crippen LogP contribution in [0.2, 0.25) is 0 Å². The Morgan fingerprint density at radius 3 is 2.64 bits per heavy atom. The van der Waals surface area contributed by atoms with Crippen LogP contribution in [0.15, 0.2) is 96.6 Å². The number of anilines is 4. The maximum Gasteiger partial charge on any atom is 0.159 e. The second-order valence-corrected chi connectivity index (χ2v) is 11.0. The Balaban J connectivity index is 1.36. The van der Waals surface area contributed by atoms with Crippen LogP contribution in [0.3, 0.4) is 0 Å². The van der Waals surface area contributed by atoms with E-state index in [-0.39, 0.29) is 24.2 Å². The third kappa shape index (κ3) is 2.48. The van der Waals surface area contributed by atoms with Crippen LogP contribution in [-0.2, 0) is 0 Å². The molecule has 7 heteroatoms. The van der Waals surface area contributed by atoms with Gasteiger partial charge in [-0.15, -0.1) is 0 Å². The zero-order valence-electron chi connectivity index (χ0n) is 21.7. The number of para-hydroxylation sites is 2. The topological polar surface area (TPSA) is 51.9 Å². The SMILES string of the molecule is C=C1c2ccc3c(oc4ccccc43)c2N2C=CN(C)C2C2C1c1ccccc1N1c3cncnc3N(C)C21. The summed E-state index contributed by atoms with van der Waals surface area (Å²) in [6.07, 6.45) is 8.06. The van der Waals surface area contributed by atoms with Crippen LogP contribution >= 0.6 is 0 Å². The Kier molecular flexibility index (Phi) is 3.91. The summed E-state index contributed by atoms with van der Waals surface area (Å²) in [6, 6.07) is 21.5. The van der Waals surface area contributed by atoms with E-state index in [1.54, 1.807) is 6.33 Å². The van der Waals surface area contributed by atoms with Gasteiger partial charge in [0.15, 0.2) is 11.4 Å². The van der Waals surface area contributed by atoms with E-state index in [9.17, 15) is 0 Å². The highest BCUT2D eigenvalue weighted by atomic mass is 16.3. The number of benzene rings is 3. The van der Waals surface area contributed by atoms with Crippen molar-refractivity contribution in [1.29, 1.82) is 0 Å². The Bertz CT molecular complexity index is 1890. The number of hydrogen-bond donors (Lipinski definition) is 0. The molecule has 0 fully saturated rings. The molecule has 0 amide bonds. The number of hydrogen-bond acceptors (Lipinski definition) is 7. The predicted octanol–water partition coefficient (Wildman–Crippen LogP) is 6.28. The van der Waals surface area contributed by atoms with Gasteiger partial charge < -0.3 is 24.0 Å². The van der Waals surface area contributed by atoms with Crippen molar-refractivity contribution in [3.8, 4) is 0 Å². The molecule has 0 radical (unpaired) electrons. The van der Waals surface area contributed by atoms with Crippen molar-refractivity contribution in [2.45, 2.75) is 18.2 Å². The van der Waals surface area contributed by atoms with Gasteiger partial charge in [0.1, 0.15) is 29.9 Å². The van der Waals surface area contributed by atoms with Gasteiger partial charge in [0.05, 0.1) is 11.9 Å². The van der Waals surface area contributed by atoms with Crippen LogP contribution in [0.4, 0.5) is 22.9 Å². The first-order chi connectivity index (χ1) is 19.1. The molecule has 0 spiro atoms. The molecule has 9 rings (SSSR count). The first-order valence-corrected chi connectivity index (χ1v) is 13.4. The summed E-state index contributed by atoms with van der Waals surface area (Å²) < 4.78 is 6.61. The van der Waals surface area contributed by atoms with Gasteiger partial charge in [-0.1, -0.05) is 49.0 Å². The normalized spacial score (nSPS) is 24.4. The summed E-state index contributed by atoms with van der Waals surface area (Å²) in [4.78, 5) is 18.7. The summed E-state index contributed by atoms with van der Waals surface area (Å²) in [5.74, 6) is 1.18. The molecule has 4 unspecified atom stereocenters. The number of nitrogens with zero attached hydrogens (tertiary/aromatic N) is 6. The standard InChI is InChI=1S/C32H26N6O/c1-18-19-12-13-21-20-8-5-7-11-25(20)39-29(21)28(19)37-15-14-35(2)31(37)27-26(18)22-9-4-6-10-23(22)38-24-16-33-17-34-30(24)36(3)32(27)38/h4-17,26-27,31-32H,1H2,2-3H3. The lowest BCUT2D eigenvalue weighted by atomic mass is 9.72. The molecule has 6 heterocycles. The van der Waals surface area contributed by atoms with E-state index in [1.807, 2.05) is 12.3 Å². The fourth-order valence-corrected chi connectivity index (χ4v) is 7.67. The van der Waals surface area contributed by atoms with Gasteiger partial charge >= 0.3 is 0 Å². The molecule has 4 atom stereocenters. The molecule has 39 heavy (non-hydrogen) atoms. The number of aromatic nitrogens is 2. The number of rotatable bonds is 0. The number of allylic oxidation sites excluding steroid dienone is 1. The van der Waals surface area contributed by atoms with Crippen molar-refractivity contribution in [1.82, 2.24) is 14.9 Å². The zero-order chi connectivity index (χ0) is 26.0. The highest BCUT2D eigenvalue weighted by Crippen LogP contribution is 2.60. The second kappa shape index (κ2) is 7.20. The molecule has 7 nitrogen and oxygen atoms in total. The van der Waals surface area contributed by atoms with Gasteiger partial charge in [-0.25, -0.2) is 9.97 Å². The fraction of sp³-hybridized carbons (Fsp3) is 0.188. The summed E-state index contributed by atoms with van der Waals surface area (Å²) in [5, 5.41) is 2.27. The highest BCUT2D eigenvalue weighted by molar-refractivity contribution is 6.11. The van der Waals surface area contributed by atoms with Crippen LogP contribution in [-0.4, -0.2) is 41.3 Å². The van der Waals surface area contributed by atoms with E-state index in [4.69, 9.17) is 16.0 Å². The molecule has 4 aliphatic rings. The van der Waals surface area contributed by atoms with Gasteiger partial charge in [-0.3, -0.25) is 0 Å². The second-order valence-electron chi connectivity index (χ2n) is 11.0. The minimum atomic E-state index is 0.0312. The molecule has 0 N–H and O–H groups in total. The first kappa shape index (κ1) is 21.2. The average Bonchev–Trinajstić information content (AvgIpc) is 3.61. The molecule has 0 aliphatic carbocycles. The molecule has 4 aliphatic heterocycles. The molecule has 3 aromatic carbocycles. The Labute approximate surface area is 225 Å². The lowest BCUT2D eigenvalue weighted by Crippen LogP contribution is -2.58. The van der Waals surface area contributed by atoms with Crippen LogP contribution in [0, 0.1) is 5.92 Å². The van der Waals surface area contributed by atoms with Crippen molar-refractivity contribution in [2.24, 2.45) is 5.92 Å². The molecule has 0 saturated carbocycles. The van der Waals surface area contributed by atoms with E-state index in [2.05, 4.69) is 106 Å². The van der Waals surface area contributed by atoms with Crippen LogP contribution in [0.1, 0.15) is 17.0 Å². The molecule has 0 bridgehead atoms. The molecular formula is C32H26N6O. The smallest absolute Gasteiger partial charge is 0.159 e. The van der Waals surface area contributed by atoms with Gasteiger partial charge in [0.2, 0.25) is 0 Å². The van der Waals surface area contributed by atoms with E-state index in [0.717, 1.165) is 50.3 Å². The first-order valence-electron chi connectivity index (χ1n) is 13.4. The average molecular weight is 511 g/mol. The van der Waals surface area contributed by atoms with Crippen LogP contribution in [0.25, 0.3) is 27.5 Å². The molecular weight excluding hydrogens is 484 g/mol. The number of fused-ring (bicyclic) bond motifs is 16. The largest absolute Gasteiger partial charge is 0.454 e. The quantitative estimate of drug-likeness (QED) is 0.243. The highest BCUT2D eigenvalue weighted by Gasteiger charge is 2.56. The summed E-state index contributed by atoms with van der Waals surface area (Å²) >= 11 is 0. The zero-order valence-corrected chi connectivity index (χ0v) is 21.7. The monoisotopic (exact) mass is 510 g/mol. The fourth-order valence-electron chi connectivity index (χ4n) is 7.67. The van der Waals surface area contributed by atoms with Crippen molar-refractivity contribution < 1.29 is 4.42 Å². The van der Waals surface area contributed by atoms with E-state index in [1.165, 1.54) is 11.3 Å². The maximum absolute atomic E-state index is 6.61. The molecule has 190 valence electrons.